The predicted molar refractivity (Wildman–Crippen MR) is 127 cm³/mol. The van der Waals surface area contributed by atoms with Crippen molar-refractivity contribution in [2.75, 3.05) is 11.5 Å². The number of amides is 1. The van der Waals surface area contributed by atoms with Crippen LogP contribution < -0.4 is 15.6 Å². The Morgan fingerprint density at radius 1 is 1.29 bits per heavy atom. The quantitative estimate of drug-likeness (QED) is 0.405. The number of halogens is 2. The van der Waals surface area contributed by atoms with Crippen LogP contribution >= 0.6 is 23.2 Å². The van der Waals surface area contributed by atoms with E-state index in [-0.39, 0.29) is 45.8 Å². The van der Waals surface area contributed by atoms with Crippen LogP contribution in [0.3, 0.4) is 0 Å². The molecule has 0 spiro atoms. The fourth-order valence-electron chi connectivity index (χ4n) is 3.41. The molecule has 0 radical (unpaired) electrons. The monoisotopic (exact) mass is 518 g/mol. The zero-order valence-electron chi connectivity index (χ0n) is 17.4. The van der Waals surface area contributed by atoms with E-state index in [4.69, 9.17) is 27.9 Å². The number of benzene rings is 1. The SMILES string of the molecule is N#C/C(=C\c1c(Oc2ccc(Cl)cc2Cl)nc2ccccn2c1=O)C(=O)N[C@H]1CCS(=O)(=O)C1. The average Bonchev–Trinajstić information content (AvgIpc) is 3.13. The highest BCUT2D eigenvalue weighted by atomic mass is 35.5. The van der Waals surface area contributed by atoms with Gasteiger partial charge in [-0.25, -0.2) is 8.42 Å². The minimum absolute atomic E-state index is 0.0423. The third-order valence-electron chi connectivity index (χ3n) is 5.06. The van der Waals surface area contributed by atoms with Crippen molar-refractivity contribution in [3.63, 3.8) is 0 Å². The minimum Gasteiger partial charge on any atom is -0.437 e. The average molecular weight is 519 g/mol. The maximum atomic E-state index is 13.2. The first-order valence-corrected chi connectivity index (χ1v) is 12.5. The normalized spacial score (nSPS) is 17.3. The van der Waals surface area contributed by atoms with Crippen LogP contribution in [-0.4, -0.2) is 41.3 Å². The van der Waals surface area contributed by atoms with E-state index in [0.29, 0.717) is 5.02 Å². The predicted octanol–water partition coefficient (Wildman–Crippen LogP) is 3.00. The second kappa shape index (κ2) is 9.46. The lowest BCUT2D eigenvalue weighted by atomic mass is 10.1. The van der Waals surface area contributed by atoms with Crippen LogP contribution in [0.2, 0.25) is 10.0 Å². The number of sulfone groups is 1. The van der Waals surface area contributed by atoms with Gasteiger partial charge in [0.1, 0.15) is 28.6 Å². The minimum atomic E-state index is -3.23. The Hall–Kier alpha value is -3.39. The molecule has 9 nitrogen and oxygen atoms in total. The Balaban J connectivity index is 1.77. The van der Waals surface area contributed by atoms with Gasteiger partial charge in [-0.2, -0.15) is 10.2 Å². The van der Waals surface area contributed by atoms with Crippen LogP contribution in [-0.2, 0) is 14.6 Å². The molecule has 1 amide bonds. The molecule has 12 heteroatoms. The van der Waals surface area contributed by atoms with Crippen molar-refractivity contribution in [3.8, 4) is 17.7 Å². The maximum Gasteiger partial charge on any atom is 0.269 e. The van der Waals surface area contributed by atoms with Crippen LogP contribution in [0, 0.1) is 11.3 Å². The van der Waals surface area contributed by atoms with Gasteiger partial charge in [0.2, 0.25) is 5.88 Å². The summed E-state index contributed by atoms with van der Waals surface area (Å²) in [7, 11) is -3.23. The molecule has 0 bridgehead atoms. The highest BCUT2D eigenvalue weighted by molar-refractivity contribution is 7.91. The Kier molecular flexibility index (Phi) is 6.61. The molecule has 1 saturated heterocycles. The highest BCUT2D eigenvalue weighted by Gasteiger charge is 2.30. The molecule has 0 saturated carbocycles. The summed E-state index contributed by atoms with van der Waals surface area (Å²) in [5.41, 5.74) is -0.898. The van der Waals surface area contributed by atoms with Crippen molar-refractivity contribution in [1.82, 2.24) is 14.7 Å². The Morgan fingerprint density at radius 3 is 2.76 bits per heavy atom. The van der Waals surface area contributed by atoms with Gasteiger partial charge in [0.25, 0.3) is 11.5 Å². The number of rotatable bonds is 5. The molecule has 1 aliphatic heterocycles. The van der Waals surface area contributed by atoms with Crippen LogP contribution in [0.4, 0.5) is 0 Å². The molecule has 2 aromatic heterocycles. The molecule has 1 atom stereocenters. The number of ether oxygens (including phenoxy) is 1. The van der Waals surface area contributed by atoms with Gasteiger partial charge in [-0.15, -0.1) is 0 Å². The van der Waals surface area contributed by atoms with Crippen LogP contribution in [0.5, 0.6) is 11.6 Å². The second-order valence-corrected chi connectivity index (χ2v) is 10.6. The Bertz CT molecular complexity index is 1540. The van der Waals surface area contributed by atoms with Gasteiger partial charge in [0.15, 0.2) is 9.84 Å². The molecule has 4 rings (SSSR count). The molecular weight excluding hydrogens is 503 g/mol. The van der Waals surface area contributed by atoms with Crippen molar-refractivity contribution in [3.05, 3.63) is 74.1 Å². The Morgan fingerprint density at radius 2 is 2.09 bits per heavy atom. The topological polar surface area (TPSA) is 131 Å². The van der Waals surface area contributed by atoms with Gasteiger partial charge in [0, 0.05) is 17.3 Å². The third kappa shape index (κ3) is 5.07. The fraction of sp³-hybridized carbons (Fsp3) is 0.182. The standard InChI is InChI=1S/C22H16Cl2N4O5S/c23-14-4-5-18(17(24)10-14)33-21-16(22(30)28-7-2-1-3-19(28)27-21)9-13(11-25)20(29)26-15-6-8-34(31,32)12-15/h1-5,7,9-10,15H,6,8,12H2,(H,26,29)/b13-9+/t15-/m0/s1. The number of hydrogen-bond donors (Lipinski definition) is 1. The molecule has 34 heavy (non-hydrogen) atoms. The number of hydrogen-bond acceptors (Lipinski definition) is 7. The van der Waals surface area contributed by atoms with E-state index in [0.717, 1.165) is 6.08 Å². The van der Waals surface area contributed by atoms with Crippen LogP contribution in [0.1, 0.15) is 12.0 Å². The highest BCUT2D eigenvalue weighted by Crippen LogP contribution is 2.32. The molecular formula is C22H16Cl2N4O5S. The van der Waals surface area contributed by atoms with E-state index in [2.05, 4.69) is 10.3 Å². The summed E-state index contributed by atoms with van der Waals surface area (Å²) in [6, 6.07) is 10.5. The van der Waals surface area contributed by atoms with Crippen molar-refractivity contribution in [2.45, 2.75) is 12.5 Å². The lowest BCUT2D eigenvalue weighted by Gasteiger charge is -2.12. The van der Waals surface area contributed by atoms with Gasteiger partial charge in [-0.05, 0) is 42.8 Å². The van der Waals surface area contributed by atoms with Crippen molar-refractivity contribution >= 4 is 50.7 Å². The van der Waals surface area contributed by atoms with Gasteiger partial charge < -0.3 is 10.1 Å². The summed E-state index contributed by atoms with van der Waals surface area (Å²) in [6.45, 7) is 0. The number of nitriles is 1. The first-order chi connectivity index (χ1) is 16.2. The number of pyridine rings is 1. The summed E-state index contributed by atoms with van der Waals surface area (Å²) in [4.78, 5) is 30.2. The van der Waals surface area contributed by atoms with Crippen molar-refractivity contribution in [1.29, 1.82) is 5.26 Å². The Labute approximate surface area is 204 Å². The summed E-state index contributed by atoms with van der Waals surface area (Å²) in [6.07, 6.45) is 2.79. The van der Waals surface area contributed by atoms with Crippen LogP contribution in [0.15, 0.2) is 53.0 Å². The zero-order chi connectivity index (χ0) is 24.5. The third-order valence-corrected chi connectivity index (χ3v) is 7.35. The van der Waals surface area contributed by atoms with E-state index < -0.39 is 32.9 Å². The first kappa shape index (κ1) is 23.8. The molecule has 1 aromatic carbocycles. The molecule has 3 aromatic rings. The van der Waals surface area contributed by atoms with E-state index in [1.165, 1.54) is 28.8 Å². The smallest absolute Gasteiger partial charge is 0.269 e. The number of fused-ring (bicyclic) bond motifs is 1. The largest absolute Gasteiger partial charge is 0.437 e. The number of carbonyl (C=O) groups excluding carboxylic acids is 1. The maximum absolute atomic E-state index is 13.2. The zero-order valence-corrected chi connectivity index (χ0v) is 19.7. The molecule has 1 aliphatic rings. The number of nitrogens with zero attached hydrogens (tertiary/aromatic N) is 3. The number of carbonyl (C=O) groups is 1. The summed E-state index contributed by atoms with van der Waals surface area (Å²) >= 11 is 12.1. The lowest BCUT2D eigenvalue weighted by molar-refractivity contribution is -0.117. The van der Waals surface area contributed by atoms with Gasteiger partial charge in [-0.3, -0.25) is 14.0 Å². The van der Waals surface area contributed by atoms with E-state index in [1.54, 1.807) is 24.3 Å². The number of aromatic nitrogens is 2. The summed E-state index contributed by atoms with van der Waals surface area (Å²) < 4.78 is 30.4. The molecule has 174 valence electrons. The van der Waals surface area contributed by atoms with Crippen molar-refractivity contribution in [2.24, 2.45) is 0 Å². The first-order valence-electron chi connectivity index (χ1n) is 9.94. The second-order valence-electron chi connectivity index (χ2n) is 7.48. The molecule has 0 aliphatic carbocycles. The van der Waals surface area contributed by atoms with Crippen LogP contribution in [0.25, 0.3) is 11.7 Å². The summed E-state index contributed by atoms with van der Waals surface area (Å²) in [5.74, 6) is -1.07. The fourth-order valence-corrected chi connectivity index (χ4v) is 5.53. The molecule has 0 unspecified atom stereocenters. The van der Waals surface area contributed by atoms with Gasteiger partial charge >= 0.3 is 0 Å². The summed E-state index contributed by atoms with van der Waals surface area (Å²) in [5, 5.41) is 12.7. The van der Waals surface area contributed by atoms with Crippen molar-refractivity contribution < 1.29 is 17.9 Å². The van der Waals surface area contributed by atoms with E-state index in [1.807, 2.05) is 0 Å². The van der Waals surface area contributed by atoms with E-state index in [9.17, 15) is 23.3 Å². The van der Waals surface area contributed by atoms with Gasteiger partial charge in [0.05, 0.1) is 16.5 Å². The molecule has 1 N–H and O–H groups in total. The molecule has 1 fully saturated rings. The lowest BCUT2D eigenvalue weighted by Crippen LogP contribution is -2.36. The van der Waals surface area contributed by atoms with Gasteiger partial charge in [-0.1, -0.05) is 29.3 Å². The van der Waals surface area contributed by atoms with E-state index >= 15 is 0 Å². The molecule has 3 heterocycles. The number of nitrogens with one attached hydrogen (secondary N) is 1.